The molecule has 0 fully saturated rings. The molecule has 0 saturated heterocycles. The lowest BCUT2D eigenvalue weighted by atomic mass is 9.82. The molecule has 0 N–H and O–H groups in total. The van der Waals surface area contributed by atoms with Gasteiger partial charge in [-0.1, -0.05) is 153 Å². The molecule has 2 aromatic heterocycles. The quantitative estimate of drug-likeness (QED) is 0.183. The first-order valence-electron chi connectivity index (χ1n) is 17.7. The topological polar surface area (TPSA) is 51.8 Å². The van der Waals surface area contributed by atoms with E-state index in [1.165, 1.54) is 33.4 Å². The van der Waals surface area contributed by atoms with Crippen molar-refractivity contribution in [1.29, 1.82) is 0 Å². The Hall–Kier alpha value is -6.65. The summed E-state index contributed by atoms with van der Waals surface area (Å²) in [5, 5.41) is 2.01. The van der Waals surface area contributed by atoms with E-state index in [0.29, 0.717) is 17.5 Å². The standard InChI is InChI=1S/C48H33N3O/c1-48(2)39-23-10-9-20-36(39)43-35(21-12-24-40(43)48)34-19-11-18-32(28-34)33-26-27-41-38(29-33)44-37(22-13-25-42(44)52-41)47-50-45(30-14-5-3-6-15-30)49-46(51-47)31-16-7-4-8-17-31/h3-29H,1-2H3. The average Bonchev–Trinajstić information content (AvgIpc) is 3.70. The molecular formula is C48H33N3O. The summed E-state index contributed by atoms with van der Waals surface area (Å²) in [7, 11) is 0. The highest BCUT2D eigenvalue weighted by atomic mass is 16.3. The van der Waals surface area contributed by atoms with E-state index in [4.69, 9.17) is 19.4 Å². The van der Waals surface area contributed by atoms with Crippen LogP contribution in [0.2, 0.25) is 0 Å². The summed E-state index contributed by atoms with van der Waals surface area (Å²) < 4.78 is 6.46. The Kier molecular flexibility index (Phi) is 6.80. The molecule has 4 heteroatoms. The van der Waals surface area contributed by atoms with Gasteiger partial charge in [0.05, 0.1) is 0 Å². The summed E-state index contributed by atoms with van der Waals surface area (Å²) in [6.45, 7) is 4.66. The first kappa shape index (κ1) is 30.2. The number of aromatic nitrogens is 3. The predicted molar refractivity (Wildman–Crippen MR) is 212 cm³/mol. The smallest absolute Gasteiger partial charge is 0.164 e. The Morgan fingerprint density at radius 2 is 0.962 bits per heavy atom. The average molecular weight is 668 g/mol. The van der Waals surface area contributed by atoms with Gasteiger partial charge >= 0.3 is 0 Å². The summed E-state index contributed by atoms with van der Waals surface area (Å²) in [6.07, 6.45) is 0. The van der Waals surface area contributed by atoms with Gasteiger partial charge in [0.25, 0.3) is 0 Å². The van der Waals surface area contributed by atoms with Crippen LogP contribution >= 0.6 is 0 Å². The highest BCUT2D eigenvalue weighted by Gasteiger charge is 2.36. The minimum absolute atomic E-state index is 0.0487. The highest BCUT2D eigenvalue weighted by molar-refractivity contribution is 6.13. The second-order valence-corrected chi connectivity index (χ2v) is 14.0. The zero-order chi connectivity index (χ0) is 34.8. The summed E-state index contributed by atoms with van der Waals surface area (Å²) in [5.41, 5.74) is 14.5. The lowest BCUT2D eigenvalue weighted by molar-refractivity contribution is 0.660. The van der Waals surface area contributed by atoms with Crippen LogP contribution in [-0.2, 0) is 5.41 Å². The van der Waals surface area contributed by atoms with Crippen LogP contribution in [0.15, 0.2) is 168 Å². The van der Waals surface area contributed by atoms with Gasteiger partial charge < -0.3 is 4.42 Å². The Morgan fingerprint density at radius 1 is 0.404 bits per heavy atom. The highest BCUT2D eigenvalue weighted by Crippen LogP contribution is 2.52. The predicted octanol–water partition coefficient (Wildman–Crippen LogP) is 12.4. The molecule has 246 valence electrons. The van der Waals surface area contributed by atoms with E-state index in [1.54, 1.807) is 0 Å². The third-order valence-corrected chi connectivity index (χ3v) is 10.5. The molecule has 0 spiro atoms. The number of benzene rings is 7. The van der Waals surface area contributed by atoms with Gasteiger partial charge in [-0.3, -0.25) is 0 Å². The van der Waals surface area contributed by atoms with Gasteiger partial charge in [0, 0.05) is 32.9 Å². The maximum absolute atomic E-state index is 6.46. The van der Waals surface area contributed by atoms with Crippen LogP contribution in [0.1, 0.15) is 25.0 Å². The molecule has 0 atom stereocenters. The fourth-order valence-corrected chi connectivity index (χ4v) is 7.98. The number of hydrogen-bond acceptors (Lipinski definition) is 4. The van der Waals surface area contributed by atoms with Crippen LogP contribution in [0.25, 0.3) is 89.5 Å². The van der Waals surface area contributed by atoms with Gasteiger partial charge in [0.2, 0.25) is 0 Å². The zero-order valence-electron chi connectivity index (χ0n) is 28.8. The number of hydrogen-bond donors (Lipinski definition) is 0. The van der Waals surface area contributed by atoms with E-state index >= 15 is 0 Å². The van der Waals surface area contributed by atoms with E-state index in [-0.39, 0.29) is 5.41 Å². The fourth-order valence-electron chi connectivity index (χ4n) is 7.98. The van der Waals surface area contributed by atoms with Gasteiger partial charge in [0.1, 0.15) is 11.2 Å². The summed E-state index contributed by atoms with van der Waals surface area (Å²) >= 11 is 0. The Morgan fingerprint density at radius 3 is 1.73 bits per heavy atom. The van der Waals surface area contributed by atoms with Crippen LogP contribution < -0.4 is 0 Å². The van der Waals surface area contributed by atoms with Crippen molar-refractivity contribution in [3.8, 4) is 67.5 Å². The molecule has 0 saturated carbocycles. The molecule has 7 aromatic carbocycles. The van der Waals surface area contributed by atoms with Crippen molar-refractivity contribution in [3.63, 3.8) is 0 Å². The van der Waals surface area contributed by atoms with Crippen molar-refractivity contribution < 1.29 is 4.42 Å². The first-order valence-corrected chi connectivity index (χ1v) is 17.7. The molecule has 0 aliphatic heterocycles. The number of furan rings is 1. The number of rotatable bonds is 5. The van der Waals surface area contributed by atoms with Crippen LogP contribution in [-0.4, -0.2) is 15.0 Å². The van der Waals surface area contributed by atoms with Crippen LogP contribution in [0.3, 0.4) is 0 Å². The van der Waals surface area contributed by atoms with Crippen molar-refractivity contribution in [2.24, 2.45) is 0 Å². The van der Waals surface area contributed by atoms with Crippen molar-refractivity contribution in [2.45, 2.75) is 19.3 Å². The van der Waals surface area contributed by atoms with Crippen molar-refractivity contribution >= 4 is 21.9 Å². The third-order valence-electron chi connectivity index (χ3n) is 10.5. The van der Waals surface area contributed by atoms with Gasteiger partial charge in [0.15, 0.2) is 17.5 Å². The maximum atomic E-state index is 6.46. The second kappa shape index (κ2) is 11.7. The molecule has 52 heavy (non-hydrogen) atoms. The summed E-state index contributed by atoms with van der Waals surface area (Å²) in [5.74, 6) is 1.87. The summed E-state index contributed by atoms with van der Waals surface area (Å²) in [6, 6.07) is 57.3. The number of fused-ring (bicyclic) bond motifs is 6. The van der Waals surface area contributed by atoms with Crippen LogP contribution in [0.4, 0.5) is 0 Å². The van der Waals surface area contributed by atoms with Gasteiger partial charge in [-0.25, -0.2) is 15.0 Å². The Bertz CT molecular complexity index is 2760. The van der Waals surface area contributed by atoms with E-state index in [1.807, 2.05) is 72.8 Å². The molecule has 0 radical (unpaired) electrons. The number of nitrogens with zero attached hydrogens (tertiary/aromatic N) is 3. The lowest BCUT2D eigenvalue weighted by Crippen LogP contribution is -2.14. The minimum atomic E-state index is -0.0487. The molecule has 1 aliphatic rings. The van der Waals surface area contributed by atoms with Crippen molar-refractivity contribution in [1.82, 2.24) is 15.0 Å². The Labute approximate surface area is 302 Å². The molecule has 0 bridgehead atoms. The fraction of sp³-hybridized carbons (Fsp3) is 0.0625. The van der Waals surface area contributed by atoms with Gasteiger partial charge in [-0.05, 0) is 68.8 Å². The monoisotopic (exact) mass is 667 g/mol. The molecule has 4 nitrogen and oxygen atoms in total. The largest absolute Gasteiger partial charge is 0.456 e. The maximum Gasteiger partial charge on any atom is 0.164 e. The first-order chi connectivity index (χ1) is 25.5. The molecule has 2 heterocycles. The van der Waals surface area contributed by atoms with Gasteiger partial charge in [-0.2, -0.15) is 0 Å². The normalized spacial score (nSPS) is 13.0. The van der Waals surface area contributed by atoms with E-state index in [9.17, 15) is 0 Å². The van der Waals surface area contributed by atoms with Crippen molar-refractivity contribution in [3.05, 3.63) is 175 Å². The van der Waals surface area contributed by atoms with E-state index < -0.39 is 0 Å². The molecule has 0 unspecified atom stereocenters. The molecule has 9 aromatic rings. The third kappa shape index (κ3) is 4.79. The zero-order valence-corrected chi connectivity index (χ0v) is 28.8. The molecular weight excluding hydrogens is 635 g/mol. The summed E-state index contributed by atoms with van der Waals surface area (Å²) in [4.78, 5) is 15.0. The molecule has 0 amide bonds. The SMILES string of the molecule is CC1(C)c2ccccc2-c2c(-c3cccc(-c4ccc5oc6cccc(-c7nc(-c8ccccc8)nc(-c8ccccc8)n7)c6c5c4)c3)cccc21. The van der Waals surface area contributed by atoms with Crippen molar-refractivity contribution in [2.75, 3.05) is 0 Å². The minimum Gasteiger partial charge on any atom is -0.456 e. The van der Waals surface area contributed by atoms with E-state index in [0.717, 1.165) is 49.8 Å². The van der Waals surface area contributed by atoms with E-state index in [2.05, 4.69) is 105 Å². The molecule has 10 rings (SSSR count). The molecule has 1 aliphatic carbocycles. The lowest BCUT2D eigenvalue weighted by Gasteiger charge is -2.21. The Balaban J connectivity index is 1.13. The van der Waals surface area contributed by atoms with Crippen LogP contribution in [0.5, 0.6) is 0 Å². The van der Waals surface area contributed by atoms with Gasteiger partial charge in [-0.15, -0.1) is 0 Å². The second-order valence-electron chi connectivity index (χ2n) is 14.0. The van der Waals surface area contributed by atoms with Crippen LogP contribution in [0, 0.1) is 0 Å².